The van der Waals surface area contributed by atoms with Crippen LogP contribution in [-0.4, -0.2) is 36.2 Å². The fourth-order valence-electron chi connectivity index (χ4n) is 2.49. The van der Waals surface area contributed by atoms with Gasteiger partial charge in [0.1, 0.15) is 0 Å². The molecule has 3 unspecified atom stereocenters. The molecule has 2 fully saturated rings. The van der Waals surface area contributed by atoms with E-state index in [4.69, 9.17) is 0 Å². The zero-order chi connectivity index (χ0) is 12.0. The molecular formula is C12H22N2O2. The van der Waals surface area contributed by atoms with Crippen molar-refractivity contribution in [2.24, 2.45) is 10.8 Å². The molecule has 3 atom stereocenters. The molecule has 1 aliphatic heterocycles. The van der Waals surface area contributed by atoms with Crippen LogP contribution >= 0.6 is 0 Å². The lowest BCUT2D eigenvalue weighted by molar-refractivity contribution is -0.137. The average Bonchev–Trinajstić information content (AvgIpc) is 2.66. The van der Waals surface area contributed by atoms with Crippen LogP contribution in [0.15, 0.2) is 0 Å². The van der Waals surface area contributed by atoms with Crippen molar-refractivity contribution < 1.29 is 9.90 Å². The minimum absolute atomic E-state index is 0.118. The normalized spacial score (nSPS) is 41.5. The van der Waals surface area contributed by atoms with Crippen molar-refractivity contribution in [3.05, 3.63) is 0 Å². The van der Waals surface area contributed by atoms with Gasteiger partial charge >= 0.3 is 0 Å². The van der Waals surface area contributed by atoms with E-state index in [2.05, 4.69) is 10.6 Å². The number of aliphatic hydroxyl groups excluding tert-OH is 1. The zero-order valence-electron chi connectivity index (χ0n) is 10.3. The van der Waals surface area contributed by atoms with E-state index in [-0.39, 0.29) is 28.9 Å². The van der Waals surface area contributed by atoms with E-state index >= 15 is 0 Å². The van der Waals surface area contributed by atoms with Crippen molar-refractivity contribution in [2.75, 3.05) is 13.1 Å². The SMILES string of the molecule is CC1(C(=O)NC2CC(O)C2(C)C)CCNC1. The first-order valence-corrected chi connectivity index (χ1v) is 6.06. The number of carbonyl (C=O) groups excluding carboxylic acids is 1. The molecule has 1 amide bonds. The molecule has 0 aromatic heterocycles. The van der Waals surface area contributed by atoms with Gasteiger partial charge in [-0.1, -0.05) is 13.8 Å². The number of carbonyl (C=O) groups is 1. The number of hydrogen-bond acceptors (Lipinski definition) is 3. The Bertz CT molecular complexity index is 295. The number of nitrogens with one attached hydrogen (secondary N) is 2. The molecule has 0 bridgehead atoms. The van der Waals surface area contributed by atoms with Crippen LogP contribution in [0.3, 0.4) is 0 Å². The summed E-state index contributed by atoms with van der Waals surface area (Å²) in [5.41, 5.74) is -0.450. The van der Waals surface area contributed by atoms with E-state index in [1.54, 1.807) is 0 Å². The van der Waals surface area contributed by atoms with E-state index in [1.165, 1.54) is 0 Å². The molecule has 4 nitrogen and oxygen atoms in total. The molecule has 92 valence electrons. The van der Waals surface area contributed by atoms with E-state index in [0.717, 1.165) is 19.5 Å². The lowest BCUT2D eigenvalue weighted by Gasteiger charge is -2.50. The van der Waals surface area contributed by atoms with Crippen molar-refractivity contribution >= 4 is 5.91 Å². The summed E-state index contributed by atoms with van der Waals surface area (Å²) in [4.78, 5) is 12.1. The summed E-state index contributed by atoms with van der Waals surface area (Å²) >= 11 is 0. The molecule has 1 aliphatic carbocycles. The van der Waals surface area contributed by atoms with Crippen LogP contribution in [0.25, 0.3) is 0 Å². The highest BCUT2D eigenvalue weighted by Crippen LogP contribution is 2.41. The summed E-state index contributed by atoms with van der Waals surface area (Å²) in [5.74, 6) is 0.127. The number of amides is 1. The maximum atomic E-state index is 12.1. The molecule has 2 aliphatic rings. The Kier molecular flexibility index (Phi) is 2.75. The van der Waals surface area contributed by atoms with Gasteiger partial charge in [-0.25, -0.2) is 0 Å². The second-order valence-corrected chi connectivity index (χ2v) is 6.09. The molecule has 0 aromatic rings. The summed E-state index contributed by atoms with van der Waals surface area (Å²) in [7, 11) is 0. The highest BCUT2D eigenvalue weighted by Gasteiger charge is 2.49. The van der Waals surface area contributed by atoms with Gasteiger partial charge in [0.05, 0.1) is 11.5 Å². The Morgan fingerprint density at radius 3 is 2.56 bits per heavy atom. The van der Waals surface area contributed by atoms with Gasteiger partial charge in [-0.2, -0.15) is 0 Å². The highest BCUT2D eigenvalue weighted by molar-refractivity contribution is 5.83. The van der Waals surface area contributed by atoms with Gasteiger partial charge in [-0.3, -0.25) is 4.79 Å². The minimum Gasteiger partial charge on any atom is -0.392 e. The van der Waals surface area contributed by atoms with Crippen molar-refractivity contribution in [1.82, 2.24) is 10.6 Å². The van der Waals surface area contributed by atoms with Gasteiger partial charge in [0.15, 0.2) is 0 Å². The van der Waals surface area contributed by atoms with Crippen LogP contribution in [0.1, 0.15) is 33.6 Å². The van der Waals surface area contributed by atoms with Crippen molar-refractivity contribution in [1.29, 1.82) is 0 Å². The van der Waals surface area contributed by atoms with E-state index < -0.39 is 0 Å². The van der Waals surface area contributed by atoms with Crippen LogP contribution in [-0.2, 0) is 4.79 Å². The molecule has 1 saturated heterocycles. The van der Waals surface area contributed by atoms with Crippen LogP contribution in [0.2, 0.25) is 0 Å². The molecular weight excluding hydrogens is 204 g/mol. The van der Waals surface area contributed by atoms with Crippen LogP contribution < -0.4 is 10.6 Å². The van der Waals surface area contributed by atoms with Crippen LogP contribution in [0, 0.1) is 10.8 Å². The number of hydrogen-bond donors (Lipinski definition) is 3. The van der Waals surface area contributed by atoms with E-state index in [9.17, 15) is 9.90 Å². The smallest absolute Gasteiger partial charge is 0.227 e. The molecule has 2 rings (SSSR count). The van der Waals surface area contributed by atoms with Gasteiger partial charge < -0.3 is 15.7 Å². The Morgan fingerprint density at radius 2 is 2.12 bits per heavy atom. The van der Waals surface area contributed by atoms with Crippen molar-refractivity contribution in [2.45, 2.75) is 45.8 Å². The fraction of sp³-hybridized carbons (Fsp3) is 0.917. The predicted molar refractivity (Wildman–Crippen MR) is 61.9 cm³/mol. The summed E-state index contributed by atoms with van der Waals surface area (Å²) in [6, 6.07) is 0.118. The molecule has 16 heavy (non-hydrogen) atoms. The van der Waals surface area contributed by atoms with Crippen molar-refractivity contribution in [3.63, 3.8) is 0 Å². The number of rotatable bonds is 2. The molecule has 0 radical (unpaired) electrons. The molecule has 0 aromatic carbocycles. The monoisotopic (exact) mass is 226 g/mol. The maximum absolute atomic E-state index is 12.1. The molecule has 3 N–H and O–H groups in total. The van der Waals surface area contributed by atoms with Crippen LogP contribution in [0.4, 0.5) is 0 Å². The summed E-state index contributed by atoms with van der Waals surface area (Å²) in [5, 5.41) is 15.9. The summed E-state index contributed by atoms with van der Waals surface area (Å²) in [6.45, 7) is 7.68. The lowest BCUT2D eigenvalue weighted by Crippen LogP contribution is -2.62. The Morgan fingerprint density at radius 1 is 1.44 bits per heavy atom. The molecule has 4 heteroatoms. The van der Waals surface area contributed by atoms with E-state index in [0.29, 0.717) is 6.42 Å². The zero-order valence-corrected chi connectivity index (χ0v) is 10.3. The summed E-state index contributed by atoms with van der Waals surface area (Å²) in [6.07, 6.45) is 1.30. The Labute approximate surface area is 96.8 Å². The van der Waals surface area contributed by atoms with Gasteiger partial charge in [0.2, 0.25) is 5.91 Å². The Balaban J connectivity index is 1.94. The molecule has 1 heterocycles. The minimum atomic E-state index is -0.285. The topological polar surface area (TPSA) is 61.4 Å². The number of aliphatic hydroxyl groups is 1. The first-order valence-electron chi connectivity index (χ1n) is 6.06. The van der Waals surface area contributed by atoms with Crippen molar-refractivity contribution in [3.8, 4) is 0 Å². The fourth-order valence-corrected chi connectivity index (χ4v) is 2.49. The van der Waals surface area contributed by atoms with E-state index in [1.807, 2.05) is 20.8 Å². The summed E-state index contributed by atoms with van der Waals surface area (Å²) < 4.78 is 0. The molecule has 0 spiro atoms. The second kappa shape index (κ2) is 3.70. The standard InChI is InChI=1S/C12H22N2O2/c1-11(2)8(6-9(11)15)14-10(16)12(3)4-5-13-7-12/h8-9,13,15H,4-7H2,1-3H3,(H,14,16). The quantitative estimate of drug-likeness (QED) is 0.633. The van der Waals surface area contributed by atoms with Gasteiger partial charge in [-0.05, 0) is 26.3 Å². The third kappa shape index (κ3) is 1.74. The third-order valence-electron chi connectivity index (χ3n) is 4.44. The van der Waals surface area contributed by atoms with Gasteiger partial charge in [-0.15, -0.1) is 0 Å². The van der Waals surface area contributed by atoms with Gasteiger partial charge in [0.25, 0.3) is 0 Å². The third-order valence-corrected chi connectivity index (χ3v) is 4.44. The lowest BCUT2D eigenvalue weighted by atomic mass is 9.64. The average molecular weight is 226 g/mol. The van der Waals surface area contributed by atoms with Crippen LogP contribution in [0.5, 0.6) is 0 Å². The first-order chi connectivity index (χ1) is 7.36. The molecule has 1 saturated carbocycles. The maximum Gasteiger partial charge on any atom is 0.227 e. The highest BCUT2D eigenvalue weighted by atomic mass is 16.3. The first kappa shape index (κ1) is 11.9. The Hall–Kier alpha value is -0.610. The predicted octanol–water partition coefficient (Wildman–Crippen LogP) is 0.262. The largest absolute Gasteiger partial charge is 0.392 e. The second-order valence-electron chi connectivity index (χ2n) is 6.09. The van der Waals surface area contributed by atoms with Gasteiger partial charge in [0, 0.05) is 18.0 Å².